The van der Waals surface area contributed by atoms with Crippen molar-refractivity contribution in [3.8, 4) is 0 Å². The molecule has 92 valence electrons. The monoisotopic (exact) mass is 240 g/mol. The van der Waals surface area contributed by atoms with Crippen molar-refractivity contribution in [2.75, 3.05) is 6.54 Å². The third kappa shape index (κ3) is 3.29. The van der Waals surface area contributed by atoms with Gasteiger partial charge < -0.3 is 5.32 Å². The summed E-state index contributed by atoms with van der Waals surface area (Å²) in [5.41, 5.74) is 1.20. The van der Waals surface area contributed by atoms with Crippen molar-refractivity contribution in [1.29, 1.82) is 0 Å². The topological polar surface area (TPSA) is 24.9 Å². The van der Waals surface area contributed by atoms with Gasteiger partial charge in [0.2, 0.25) is 0 Å². The van der Waals surface area contributed by atoms with E-state index in [2.05, 4.69) is 44.9 Å². The lowest BCUT2D eigenvalue weighted by molar-refractivity contribution is 0.448. The van der Waals surface area contributed by atoms with Gasteiger partial charge in [-0.3, -0.25) is 0 Å². The molecule has 1 aromatic rings. The Kier molecular flexibility index (Phi) is 5.42. The van der Waals surface area contributed by atoms with E-state index in [9.17, 15) is 0 Å². The fourth-order valence-corrected chi connectivity index (χ4v) is 3.12. The summed E-state index contributed by atoms with van der Waals surface area (Å²) in [4.78, 5) is 6.05. The van der Waals surface area contributed by atoms with Gasteiger partial charge in [0.25, 0.3) is 0 Å². The van der Waals surface area contributed by atoms with E-state index in [1.54, 1.807) is 0 Å². The maximum Gasteiger partial charge on any atom is 0.0977 e. The van der Waals surface area contributed by atoms with Crippen molar-refractivity contribution in [1.82, 2.24) is 10.3 Å². The van der Waals surface area contributed by atoms with E-state index in [0.717, 1.165) is 13.0 Å². The second-order valence-corrected chi connectivity index (χ2v) is 5.69. The molecule has 1 heterocycles. The molecule has 0 aliphatic heterocycles. The zero-order valence-electron chi connectivity index (χ0n) is 11.1. The number of hydrogen-bond acceptors (Lipinski definition) is 3. The quantitative estimate of drug-likeness (QED) is 0.821. The maximum atomic E-state index is 4.69. The summed E-state index contributed by atoms with van der Waals surface area (Å²) in [6.45, 7) is 12.1. The van der Waals surface area contributed by atoms with E-state index in [4.69, 9.17) is 0 Å². The summed E-state index contributed by atoms with van der Waals surface area (Å²) < 4.78 is 0. The minimum atomic E-state index is 0.523. The molecule has 2 nitrogen and oxygen atoms in total. The van der Waals surface area contributed by atoms with Crippen LogP contribution in [0.4, 0.5) is 0 Å². The summed E-state index contributed by atoms with van der Waals surface area (Å²) >= 11 is 1.86. The molecule has 0 saturated heterocycles. The van der Waals surface area contributed by atoms with Crippen molar-refractivity contribution >= 4 is 11.3 Å². The van der Waals surface area contributed by atoms with Crippen LogP contribution in [0.5, 0.6) is 0 Å². The molecule has 1 aromatic heterocycles. The average Bonchev–Trinajstić information content (AvgIpc) is 2.57. The third-order valence-corrected chi connectivity index (χ3v) is 4.33. The number of rotatable bonds is 6. The number of nitrogens with one attached hydrogen (secondary N) is 1. The number of aryl methyl sites for hydroxylation is 2. The van der Waals surface area contributed by atoms with Gasteiger partial charge in [0.1, 0.15) is 0 Å². The van der Waals surface area contributed by atoms with Gasteiger partial charge in [-0.05, 0) is 40.2 Å². The Morgan fingerprint density at radius 1 is 1.31 bits per heavy atom. The lowest BCUT2D eigenvalue weighted by atomic mass is 9.99. The van der Waals surface area contributed by atoms with E-state index >= 15 is 0 Å². The first kappa shape index (κ1) is 13.7. The first-order valence-corrected chi connectivity index (χ1v) is 7.09. The summed E-state index contributed by atoms with van der Waals surface area (Å²) in [5, 5.41) is 4.88. The van der Waals surface area contributed by atoms with Crippen molar-refractivity contribution < 1.29 is 0 Å². The molecule has 1 rings (SSSR count). The number of aromatic nitrogens is 1. The number of hydrogen-bond donors (Lipinski definition) is 1. The molecule has 0 amide bonds. The Morgan fingerprint density at radius 3 is 2.44 bits per heavy atom. The predicted octanol–water partition coefficient (Wildman–Crippen LogP) is 3.64. The molecule has 3 heteroatoms. The second-order valence-electron chi connectivity index (χ2n) is 4.45. The zero-order chi connectivity index (χ0) is 12.1. The molecule has 0 aliphatic carbocycles. The van der Waals surface area contributed by atoms with Gasteiger partial charge in [0.05, 0.1) is 10.7 Å². The first-order valence-electron chi connectivity index (χ1n) is 6.27. The molecule has 0 fully saturated rings. The molecule has 0 radical (unpaired) electrons. The van der Waals surface area contributed by atoms with Crippen LogP contribution >= 0.6 is 11.3 Å². The lowest BCUT2D eigenvalue weighted by Crippen LogP contribution is -2.32. The van der Waals surface area contributed by atoms with Gasteiger partial charge in [-0.1, -0.05) is 13.8 Å². The minimum Gasteiger partial charge on any atom is -0.314 e. The second kappa shape index (κ2) is 6.36. The predicted molar refractivity (Wildman–Crippen MR) is 72.4 cm³/mol. The highest BCUT2D eigenvalue weighted by Crippen LogP contribution is 2.29. The van der Waals surface area contributed by atoms with E-state index in [1.165, 1.54) is 22.0 Å². The van der Waals surface area contributed by atoms with Gasteiger partial charge in [0, 0.05) is 16.8 Å². The van der Waals surface area contributed by atoms with Gasteiger partial charge in [-0.25, -0.2) is 4.98 Å². The van der Waals surface area contributed by atoms with Gasteiger partial charge in [0.15, 0.2) is 0 Å². The minimum absolute atomic E-state index is 0.523. The van der Waals surface area contributed by atoms with Crippen molar-refractivity contribution in [3.05, 3.63) is 15.6 Å². The smallest absolute Gasteiger partial charge is 0.0977 e. The van der Waals surface area contributed by atoms with Crippen LogP contribution < -0.4 is 5.32 Å². The molecule has 0 bridgehead atoms. The van der Waals surface area contributed by atoms with Crippen LogP contribution in [0.1, 0.15) is 55.1 Å². The summed E-state index contributed by atoms with van der Waals surface area (Å²) in [7, 11) is 0. The maximum absolute atomic E-state index is 4.69. The molecule has 1 N–H and O–H groups in total. The molecule has 0 aromatic carbocycles. The standard InChI is InChI=1S/C13H24N2S/c1-6-8-14-10(4)12(7-2)13-15-9(3)11(5)16-13/h10,12,14H,6-8H2,1-5H3. The van der Waals surface area contributed by atoms with Crippen LogP contribution in [0.25, 0.3) is 0 Å². The zero-order valence-corrected chi connectivity index (χ0v) is 11.9. The fourth-order valence-electron chi connectivity index (χ4n) is 1.91. The Morgan fingerprint density at radius 2 is 2.00 bits per heavy atom. The lowest BCUT2D eigenvalue weighted by Gasteiger charge is -2.21. The van der Waals surface area contributed by atoms with Crippen molar-refractivity contribution in [3.63, 3.8) is 0 Å². The van der Waals surface area contributed by atoms with Crippen LogP contribution in [0, 0.1) is 13.8 Å². The fraction of sp³-hybridized carbons (Fsp3) is 0.769. The van der Waals surface area contributed by atoms with Crippen molar-refractivity contribution in [2.24, 2.45) is 0 Å². The first-order chi connectivity index (χ1) is 7.60. The molecular weight excluding hydrogens is 216 g/mol. The van der Waals surface area contributed by atoms with Gasteiger partial charge >= 0.3 is 0 Å². The molecule has 2 unspecified atom stereocenters. The van der Waals surface area contributed by atoms with Crippen LogP contribution in [0.3, 0.4) is 0 Å². The van der Waals surface area contributed by atoms with Gasteiger partial charge in [-0.15, -0.1) is 11.3 Å². The highest BCUT2D eigenvalue weighted by atomic mass is 32.1. The largest absolute Gasteiger partial charge is 0.314 e. The number of nitrogens with zero attached hydrogens (tertiary/aromatic N) is 1. The van der Waals surface area contributed by atoms with E-state index in [0.29, 0.717) is 12.0 Å². The summed E-state index contributed by atoms with van der Waals surface area (Å²) in [6.07, 6.45) is 2.35. The van der Waals surface area contributed by atoms with Crippen LogP contribution in [0.2, 0.25) is 0 Å². The molecule has 0 aliphatic rings. The Hall–Kier alpha value is -0.410. The summed E-state index contributed by atoms with van der Waals surface area (Å²) in [6, 6.07) is 0.523. The highest BCUT2D eigenvalue weighted by molar-refractivity contribution is 7.11. The summed E-state index contributed by atoms with van der Waals surface area (Å²) in [5.74, 6) is 0.559. The Balaban J connectivity index is 2.73. The van der Waals surface area contributed by atoms with E-state index in [1.807, 2.05) is 11.3 Å². The van der Waals surface area contributed by atoms with Crippen LogP contribution in [-0.2, 0) is 0 Å². The van der Waals surface area contributed by atoms with Gasteiger partial charge in [-0.2, -0.15) is 0 Å². The van der Waals surface area contributed by atoms with Crippen molar-refractivity contribution in [2.45, 2.75) is 59.4 Å². The van der Waals surface area contributed by atoms with Crippen LogP contribution in [-0.4, -0.2) is 17.6 Å². The SMILES string of the molecule is CCCNC(C)C(CC)c1nc(C)c(C)s1. The molecule has 0 spiro atoms. The highest BCUT2D eigenvalue weighted by Gasteiger charge is 2.20. The number of thiazole rings is 1. The Labute approximate surface area is 103 Å². The molecular formula is C13H24N2S. The molecule has 16 heavy (non-hydrogen) atoms. The molecule has 2 atom stereocenters. The molecule has 0 saturated carbocycles. The van der Waals surface area contributed by atoms with E-state index in [-0.39, 0.29) is 0 Å². The normalized spacial score (nSPS) is 15.1. The Bertz CT molecular complexity index is 300. The van der Waals surface area contributed by atoms with E-state index < -0.39 is 0 Å². The average molecular weight is 240 g/mol. The third-order valence-electron chi connectivity index (χ3n) is 3.12. The van der Waals surface area contributed by atoms with Crippen LogP contribution in [0.15, 0.2) is 0 Å².